The van der Waals surface area contributed by atoms with E-state index < -0.39 is 0 Å². The van der Waals surface area contributed by atoms with Crippen molar-refractivity contribution in [1.82, 2.24) is 4.98 Å². The molecule has 0 bridgehead atoms. The van der Waals surface area contributed by atoms with Crippen LogP contribution in [0, 0.1) is 6.92 Å². The molecule has 1 aromatic heterocycles. The van der Waals surface area contributed by atoms with E-state index in [0.29, 0.717) is 11.3 Å². The van der Waals surface area contributed by atoms with E-state index in [9.17, 15) is 4.79 Å². The Bertz CT molecular complexity index is 1250. The zero-order chi connectivity index (χ0) is 18.5. The Morgan fingerprint density at radius 1 is 1.07 bits per heavy atom. The lowest BCUT2D eigenvalue weighted by Crippen LogP contribution is -1.98. The number of hydrogen-bond acceptors (Lipinski definition) is 3. The van der Waals surface area contributed by atoms with Gasteiger partial charge in [0.05, 0.1) is 5.52 Å². The standard InChI is InChI=1S/C23H17NO3/c1-3-15-22(14-8-9-19-20(10-14)27-12-26-19)17(11-25)13(2)21-16-6-4-5-7-18(16)24-23(15)21/h3-11,24H,1,12H2,2H3. The quantitative estimate of drug-likeness (QED) is 0.495. The maximum atomic E-state index is 12.1. The van der Waals surface area contributed by atoms with Crippen LogP contribution >= 0.6 is 0 Å². The van der Waals surface area contributed by atoms with Crippen molar-refractivity contribution in [2.75, 3.05) is 6.79 Å². The minimum atomic E-state index is 0.216. The number of fused-ring (bicyclic) bond motifs is 4. The fourth-order valence-corrected chi connectivity index (χ4v) is 4.04. The zero-order valence-corrected chi connectivity index (χ0v) is 14.8. The first-order chi connectivity index (χ1) is 13.2. The lowest BCUT2D eigenvalue weighted by atomic mass is 9.88. The molecule has 0 amide bonds. The normalized spacial score (nSPS) is 12.6. The molecule has 1 aliphatic rings. The van der Waals surface area contributed by atoms with Crippen LogP contribution in [-0.4, -0.2) is 18.1 Å². The van der Waals surface area contributed by atoms with Crippen LogP contribution in [0.4, 0.5) is 0 Å². The second kappa shape index (κ2) is 5.74. The summed E-state index contributed by atoms with van der Waals surface area (Å²) in [5, 5.41) is 2.17. The summed E-state index contributed by atoms with van der Waals surface area (Å²) in [5.41, 5.74) is 6.32. The molecule has 0 radical (unpaired) electrons. The number of aromatic amines is 1. The van der Waals surface area contributed by atoms with Crippen molar-refractivity contribution in [1.29, 1.82) is 0 Å². The van der Waals surface area contributed by atoms with Crippen LogP contribution in [0.2, 0.25) is 0 Å². The van der Waals surface area contributed by atoms with Crippen molar-refractivity contribution < 1.29 is 14.3 Å². The van der Waals surface area contributed by atoms with E-state index in [4.69, 9.17) is 9.47 Å². The molecule has 4 heteroatoms. The average molecular weight is 355 g/mol. The number of para-hydroxylation sites is 1. The molecule has 2 heterocycles. The molecule has 0 aliphatic carbocycles. The van der Waals surface area contributed by atoms with Gasteiger partial charge in [-0.15, -0.1) is 0 Å². The highest BCUT2D eigenvalue weighted by molar-refractivity contribution is 6.16. The van der Waals surface area contributed by atoms with Crippen LogP contribution < -0.4 is 9.47 Å². The zero-order valence-electron chi connectivity index (χ0n) is 14.8. The van der Waals surface area contributed by atoms with Gasteiger partial charge in [-0.1, -0.05) is 36.9 Å². The van der Waals surface area contributed by atoms with Crippen molar-refractivity contribution >= 4 is 34.2 Å². The molecular weight excluding hydrogens is 338 g/mol. The Balaban J connectivity index is 1.93. The Morgan fingerprint density at radius 3 is 2.70 bits per heavy atom. The van der Waals surface area contributed by atoms with E-state index in [0.717, 1.165) is 56.1 Å². The number of benzene rings is 3. The third-order valence-electron chi connectivity index (χ3n) is 5.28. The van der Waals surface area contributed by atoms with Gasteiger partial charge in [-0.05, 0) is 36.2 Å². The summed E-state index contributed by atoms with van der Waals surface area (Å²) in [6, 6.07) is 13.9. The van der Waals surface area contributed by atoms with E-state index in [-0.39, 0.29) is 6.79 Å². The van der Waals surface area contributed by atoms with E-state index in [1.54, 1.807) is 0 Å². The lowest BCUT2D eigenvalue weighted by molar-refractivity contribution is 0.112. The monoisotopic (exact) mass is 355 g/mol. The van der Waals surface area contributed by atoms with E-state index >= 15 is 0 Å². The van der Waals surface area contributed by atoms with Gasteiger partial charge in [0, 0.05) is 33.0 Å². The van der Waals surface area contributed by atoms with Crippen LogP contribution in [0.1, 0.15) is 21.5 Å². The Hall–Kier alpha value is -3.53. The Labute approximate surface area is 156 Å². The van der Waals surface area contributed by atoms with Gasteiger partial charge in [0.2, 0.25) is 6.79 Å². The third-order valence-corrected chi connectivity index (χ3v) is 5.28. The minimum absolute atomic E-state index is 0.216. The summed E-state index contributed by atoms with van der Waals surface area (Å²) in [7, 11) is 0. The van der Waals surface area contributed by atoms with Gasteiger partial charge in [0.1, 0.15) is 0 Å². The van der Waals surface area contributed by atoms with Crippen LogP contribution in [0.5, 0.6) is 11.5 Å². The number of rotatable bonds is 3. The van der Waals surface area contributed by atoms with Crippen molar-refractivity contribution in [3.8, 4) is 22.6 Å². The summed E-state index contributed by atoms with van der Waals surface area (Å²) in [6.07, 6.45) is 2.74. The number of aromatic nitrogens is 1. The summed E-state index contributed by atoms with van der Waals surface area (Å²) in [4.78, 5) is 15.6. The van der Waals surface area contributed by atoms with Crippen molar-refractivity contribution in [2.45, 2.75) is 6.92 Å². The molecule has 1 N–H and O–H groups in total. The van der Waals surface area contributed by atoms with Crippen LogP contribution in [0.3, 0.4) is 0 Å². The second-order valence-corrected chi connectivity index (χ2v) is 6.64. The van der Waals surface area contributed by atoms with Gasteiger partial charge >= 0.3 is 0 Å². The molecule has 0 saturated heterocycles. The Kier molecular flexibility index (Phi) is 3.34. The molecule has 4 aromatic rings. The van der Waals surface area contributed by atoms with Gasteiger partial charge in [-0.25, -0.2) is 0 Å². The number of H-pyrrole nitrogens is 1. The number of carbonyl (C=O) groups excluding carboxylic acids is 1. The predicted molar refractivity (Wildman–Crippen MR) is 108 cm³/mol. The number of aryl methyl sites for hydroxylation is 1. The highest BCUT2D eigenvalue weighted by Gasteiger charge is 2.22. The molecule has 0 atom stereocenters. The average Bonchev–Trinajstić information content (AvgIpc) is 3.31. The largest absolute Gasteiger partial charge is 0.454 e. The molecule has 4 nitrogen and oxygen atoms in total. The van der Waals surface area contributed by atoms with Crippen LogP contribution in [-0.2, 0) is 0 Å². The molecule has 5 rings (SSSR count). The summed E-state index contributed by atoms with van der Waals surface area (Å²) in [5.74, 6) is 1.41. The Morgan fingerprint density at radius 2 is 1.89 bits per heavy atom. The lowest BCUT2D eigenvalue weighted by Gasteiger charge is -2.15. The second-order valence-electron chi connectivity index (χ2n) is 6.64. The summed E-state index contributed by atoms with van der Waals surface area (Å²) < 4.78 is 10.9. The fraction of sp³-hybridized carbons (Fsp3) is 0.0870. The number of carbonyl (C=O) groups is 1. The molecule has 0 unspecified atom stereocenters. The van der Waals surface area contributed by atoms with Crippen molar-refractivity contribution in [2.24, 2.45) is 0 Å². The highest BCUT2D eigenvalue weighted by Crippen LogP contribution is 2.43. The first kappa shape index (κ1) is 15.7. The van der Waals surface area contributed by atoms with E-state index in [1.165, 1.54) is 0 Å². The molecular formula is C23H17NO3. The molecule has 0 saturated carbocycles. The SMILES string of the molecule is C=Cc1c(-c2ccc3c(c2)OCO3)c(C=O)c(C)c2c1[nH]c1ccccc12. The first-order valence-corrected chi connectivity index (χ1v) is 8.77. The summed E-state index contributed by atoms with van der Waals surface area (Å²) in [6.45, 7) is 6.23. The smallest absolute Gasteiger partial charge is 0.231 e. The third kappa shape index (κ3) is 2.13. The van der Waals surface area contributed by atoms with Gasteiger partial charge in [0.25, 0.3) is 0 Å². The fourth-order valence-electron chi connectivity index (χ4n) is 4.04. The van der Waals surface area contributed by atoms with Gasteiger partial charge in [0.15, 0.2) is 17.8 Å². The number of nitrogens with one attached hydrogen (secondary N) is 1. The number of ether oxygens (including phenoxy) is 2. The topological polar surface area (TPSA) is 51.3 Å². The van der Waals surface area contributed by atoms with Crippen LogP contribution in [0.15, 0.2) is 49.0 Å². The molecule has 132 valence electrons. The highest BCUT2D eigenvalue weighted by atomic mass is 16.7. The number of aldehydes is 1. The van der Waals surface area contributed by atoms with Crippen molar-refractivity contribution in [3.05, 3.63) is 65.7 Å². The molecule has 3 aromatic carbocycles. The maximum Gasteiger partial charge on any atom is 0.231 e. The van der Waals surface area contributed by atoms with Crippen LogP contribution in [0.25, 0.3) is 39.0 Å². The van der Waals surface area contributed by atoms with Gasteiger partial charge < -0.3 is 14.5 Å². The molecule has 27 heavy (non-hydrogen) atoms. The summed E-state index contributed by atoms with van der Waals surface area (Å²) >= 11 is 0. The predicted octanol–water partition coefficient (Wildman–Crippen LogP) is 5.48. The minimum Gasteiger partial charge on any atom is -0.454 e. The van der Waals surface area contributed by atoms with Gasteiger partial charge in [-0.3, -0.25) is 4.79 Å². The van der Waals surface area contributed by atoms with Crippen molar-refractivity contribution in [3.63, 3.8) is 0 Å². The molecule has 0 fully saturated rings. The number of hydrogen-bond donors (Lipinski definition) is 1. The van der Waals surface area contributed by atoms with E-state index in [2.05, 4.69) is 17.6 Å². The maximum absolute atomic E-state index is 12.1. The molecule has 0 spiro atoms. The van der Waals surface area contributed by atoms with E-state index in [1.807, 2.05) is 49.4 Å². The van der Waals surface area contributed by atoms with Gasteiger partial charge in [-0.2, -0.15) is 0 Å². The molecule has 1 aliphatic heterocycles. The first-order valence-electron chi connectivity index (χ1n) is 8.77.